The second kappa shape index (κ2) is 10.7. The monoisotopic (exact) mass is 463 g/mol. The molecule has 0 aromatic heterocycles. The highest BCUT2D eigenvalue weighted by Gasteiger charge is 2.34. The lowest BCUT2D eigenvalue weighted by molar-refractivity contribution is -0.139. The molecular weight excluding hydrogens is 434 g/mol. The molecule has 6 nitrogen and oxygen atoms in total. The molecule has 2 aliphatic heterocycles. The van der Waals surface area contributed by atoms with E-state index in [9.17, 15) is 9.59 Å². The number of carbonyl (C=O) groups is 2. The van der Waals surface area contributed by atoms with Crippen LogP contribution in [0.1, 0.15) is 30.5 Å². The van der Waals surface area contributed by atoms with Crippen LogP contribution < -0.4 is 10.6 Å². The van der Waals surface area contributed by atoms with Crippen LogP contribution in [0.2, 0.25) is 0 Å². The van der Waals surface area contributed by atoms with E-state index < -0.39 is 12.0 Å². The van der Waals surface area contributed by atoms with Gasteiger partial charge in [-0.05, 0) is 48.4 Å². The number of carbonyl (C=O) groups excluding carboxylic acids is 2. The summed E-state index contributed by atoms with van der Waals surface area (Å²) in [5, 5.41) is 5.79. The molecule has 7 heteroatoms. The third-order valence-electron chi connectivity index (χ3n) is 5.92. The fourth-order valence-electron chi connectivity index (χ4n) is 4.23. The molecule has 172 valence electrons. The van der Waals surface area contributed by atoms with E-state index in [2.05, 4.69) is 45.9 Å². The highest BCUT2D eigenvalue weighted by atomic mass is 32.2. The molecule has 0 fully saturated rings. The molecule has 0 radical (unpaired) electrons. The van der Waals surface area contributed by atoms with Crippen LogP contribution >= 0.6 is 11.8 Å². The molecule has 0 aliphatic carbocycles. The molecule has 1 atom stereocenters. The Morgan fingerprint density at radius 3 is 2.55 bits per heavy atom. The standard InChI is InChI=1S/C26H29N3O3S/c1-3-32-25(30)23-22(17-29-15-13-19(14-16-29)18-7-5-4-6-8-18)27-26(31)28-24(23)20-9-11-21(33-2)12-10-20/h4-13,24H,3,14-17H2,1-2H3,(H2,27,28,31)/t24-/m0/s1. The Hall–Kier alpha value is -3.03. The molecule has 2 aromatic rings. The van der Waals surface area contributed by atoms with Crippen molar-refractivity contribution >= 4 is 29.3 Å². The van der Waals surface area contributed by atoms with Gasteiger partial charge in [-0.1, -0.05) is 48.5 Å². The summed E-state index contributed by atoms with van der Waals surface area (Å²) in [6.07, 6.45) is 5.16. The average Bonchev–Trinajstić information content (AvgIpc) is 2.85. The number of hydrogen-bond donors (Lipinski definition) is 2. The quantitative estimate of drug-likeness (QED) is 0.471. The van der Waals surface area contributed by atoms with E-state index >= 15 is 0 Å². The summed E-state index contributed by atoms with van der Waals surface area (Å²) in [5.41, 5.74) is 4.49. The van der Waals surface area contributed by atoms with Crippen molar-refractivity contribution in [1.29, 1.82) is 0 Å². The first-order valence-corrected chi connectivity index (χ1v) is 12.4. The molecule has 0 saturated carbocycles. The van der Waals surface area contributed by atoms with Crippen LogP contribution in [0.4, 0.5) is 4.79 Å². The Labute approximate surface area is 199 Å². The van der Waals surface area contributed by atoms with Crippen molar-refractivity contribution < 1.29 is 14.3 Å². The molecule has 0 bridgehead atoms. The van der Waals surface area contributed by atoms with Gasteiger partial charge in [0.1, 0.15) is 0 Å². The number of nitrogens with one attached hydrogen (secondary N) is 2. The van der Waals surface area contributed by atoms with E-state index in [1.165, 1.54) is 11.1 Å². The van der Waals surface area contributed by atoms with Gasteiger partial charge in [-0.25, -0.2) is 9.59 Å². The summed E-state index contributed by atoms with van der Waals surface area (Å²) >= 11 is 1.65. The predicted octanol–water partition coefficient (Wildman–Crippen LogP) is 4.37. The van der Waals surface area contributed by atoms with E-state index in [1.807, 2.05) is 36.6 Å². The number of esters is 1. The summed E-state index contributed by atoms with van der Waals surface area (Å²) in [6, 6.07) is 17.4. The molecule has 2 aromatic carbocycles. The lowest BCUT2D eigenvalue weighted by atomic mass is 9.94. The van der Waals surface area contributed by atoms with Crippen LogP contribution in [0.3, 0.4) is 0 Å². The van der Waals surface area contributed by atoms with Crippen molar-refractivity contribution in [3.8, 4) is 0 Å². The normalized spacial score (nSPS) is 18.9. The summed E-state index contributed by atoms with van der Waals surface area (Å²) in [6.45, 7) is 4.13. The number of hydrogen-bond acceptors (Lipinski definition) is 5. The largest absolute Gasteiger partial charge is 0.463 e. The number of benzene rings is 2. The van der Waals surface area contributed by atoms with Gasteiger partial charge in [0.2, 0.25) is 0 Å². The smallest absolute Gasteiger partial charge is 0.338 e. The topological polar surface area (TPSA) is 70.7 Å². The lowest BCUT2D eigenvalue weighted by Gasteiger charge is -2.33. The van der Waals surface area contributed by atoms with E-state index in [1.54, 1.807) is 18.7 Å². The Morgan fingerprint density at radius 2 is 1.91 bits per heavy atom. The Balaban J connectivity index is 1.60. The van der Waals surface area contributed by atoms with E-state index in [-0.39, 0.29) is 12.6 Å². The fourth-order valence-corrected chi connectivity index (χ4v) is 4.64. The highest BCUT2D eigenvalue weighted by molar-refractivity contribution is 7.98. The first-order chi connectivity index (χ1) is 16.1. The van der Waals surface area contributed by atoms with Crippen molar-refractivity contribution in [2.45, 2.75) is 24.3 Å². The maximum absolute atomic E-state index is 13.0. The molecule has 0 spiro atoms. The Bertz CT molecular complexity index is 1060. The van der Waals surface area contributed by atoms with Gasteiger partial charge in [-0.15, -0.1) is 11.8 Å². The zero-order valence-electron chi connectivity index (χ0n) is 19.0. The van der Waals surface area contributed by atoms with Crippen LogP contribution in [0.15, 0.2) is 76.8 Å². The molecule has 2 N–H and O–H groups in total. The van der Waals surface area contributed by atoms with Crippen molar-refractivity contribution in [2.75, 3.05) is 32.5 Å². The molecule has 2 amide bonds. The third-order valence-corrected chi connectivity index (χ3v) is 6.66. The number of thioether (sulfide) groups is 1. The van der Waals surface area contributed by atoms with Gasteiger partial charge < -0.3 is 15.4 Å². The summed E-state index contributed by atoms with van der Waals surface area (Å²) in [4.78, 5) is 28.9. The lowest BCUT2D eigenvalue weighted by Crippen LogP contribution is -2.48. The summed E-state index contributed by atoms with van der Waals surface area (Å²) in [7, 11) is 0. The fraction of sp³-hybridized carbons (Fsp3) is 0.308. The van der Waals surface area contributed by atoms with Crippen molar-refractivity contribution in [3.05, 3.63) is 83.1 Å². The molecule has 2 aliphatic rings. The van der Waals surface area contributed by atoms with Crippen molar-refractivity contribution in [2.24, 2.45) is 0 Å². The highest BCUT2D eigenvalue weighted by Crippen LogP contribution is 2.30. The first-order valence-electron chi connectivity index (χ1n) is 11.2. The first kappa shape index (κ1) is 23.1. The molecule has 0 saturated heterocycles. The molecule has 2 heterocycles. The van der Waals surface area contributed by atoms with E-state index in [4.69, 9.17) is 4.74 Å². The van der Waals surface area contributed by atoms with Crippen LogP contribution in [0, 0.1) is 0 Å². The minimum atomic E-state index is -0.552. The second-order valence-corrected chi connectivity index (χ2v) is 8.88. The van der Waals surface area contributed by atoms with Gasteiger partial charge in [-0.2, -0.15) is 0 Å². The van der Waals surface area contributed by atoms with Gasteiger partial charge in [0, 0.05) is 30.2 Å². The third kappa shape index (κ3) is 5.49. The van der Waals surface area contributed by atoms with E-state index in [0.29, 0.717) is 17.8 Å². The van der Waals surface area contributed by atoms with Crippen molar-refractivity contribution in [1.82, 2.24) is 15.5 Å². The van der Waals surface area contributed by atoms with Crippen LogP contribution in [-0.2, 0) is 9.53 Å². The summed E-state index contributed by atoms with van der Waals surface area (Å²) < 4.78 is 5.38. The Morgan fingerprint density at radius 1 is 1.15 bits per heavy atom. The Kier molecular flexibility index (Phi) is 7.52. The van der Waals surface area contributed by atoms with Gasteiger partial charge in [0.25, 0.3) is 0 Å². The zero-order chi connectivity index (χ0) is 23.2. The maximum atomic E-state index is 13.0. The van der Waals surface area contributed by atoms with Crippen LogP contribution in [-0.4, -0.2) is 49.4 Å². The number of nitrogens with zero attached hydrogens (tertiary/aromatic N) is 1. The summed E-state index contributed by atoms with van der Waals surface area (Å²) in [5.74, 6) is -0.406. The van der Waals surface area contributed by atoms with Crippen molar-refractivity contribution in [3.63, 3.8) is 0 Å². The minimum Gasteiger partial charge on any atom is -0.463 e. The molecule has 33 heavy (non-hydrogen) atoms. The van der Waals surface area contributed by atoms with Gasteiger partial charge in [-0.3, -0.25) is 4.90 Å². The van der Waals surface area contributed by atoms with E-state index in [0.717, 1.165) is 30.0 Å². The van der Waals surface area contributed by atoms with Gasteiger partial charge in [0.05, 0.1) is 18.2 Å². The molecule has 4 rings (SSSR count). The van der Waals surface area contributed by atoms with Gasteiger partial charge in [0.15, 0.2) is 0 Å². The molecule has 0 unspecified atom stereocenters. The number of urea groups is 1. The maximum Gasteiger partial charge on any atom is 0.338 e. The second-order valence-electron chi connectivity index (χ2n) is 8.00. The predicted molar refractivity (Wildman–Crippen MR) is 132 cm³/mol. The number of rotatable bonds is 7. The minimum absolute atomic E-state index is 0.272. The number of ether oxygens (including phenoxy) is 1. The van der Waals surface area contributed by atoms with Gasteiger partial charge >= 0.3 is 12.0 Å². The molecular formula is C26H29N3O3S. The SMILES string of the molecule is CCOC(=O)C1=C(CN2CC=C(c3ccccc3)CC2)NC(=O)N[C@H]1c1ccc(SC)cc1. The average molecular weight is 464 g/mol. The van der Waals surface area contributed by atoms with Crippen LogP contribution in [0.5, 0.6) is 0 Å². The number of amides is 2. The zero-order valence-corrected chi connectivity index (χ0v) is 19.8. The van der Waals surface area contributed by atoms with Crippen LogP contribution in [0.25, 0.3) is 5.57 Å².